The van der Waals surface area contributed by atoms with E-state index in [0.29, 0.717) is 6.10 Å². The van der Waals surface area contributed by atoms with E-state index in [-0.39, 0.29) is 0 Å². The first-order valence-electron chi connectivity index (χ1n) is 9.42. The molecule has 0 unspecified atom stereocenters. The van der Waals surface area contributed by atoms with E-state index < -0.39 is 0 Å². The van der Waals surface area contributed by atoms with Gasteiger partial charge in [-0.3, -0.25) is 4.99 Å². The van der Waals surface area contributed by atoms with Crippen LogP contribution < -0.4 is 10.6 Å². The molecule has 0 radical (unpaired) electrons. The molecular weight excluding hydrogens is 306 g/mol. The lowest BCUT2D eigenvalue weighted by Crippen LogP contribution is -2.38. The van der Waals surface area contributed by atoms with Crippen molar-refractivity contribution in [3.63, 3.8) is 0 Å². The second-order valence-electron chi connectivity index (χ2n) is 6.32. The lowest BCUT2D eigenvalue weighted by atomic mass is 10.1. The van der Waals surface area contributed by atoms with Crippen LogP contribution in [0.2, 0.25) is 0 Å². The molecule has 2 N–H and O–H groups in total. The maximum Gasteiger partial charge on any atom is 0.190 e. The van der Waals surface area contributed by atoms with Crippen LogP contribution in [0.15, 0.2) is 4.99 Å². The van der Waals surface area contributed by atoms with Gasteiger partial charge in [-0.2, -0.15) is 11.8 Å². The summed E-state index contributed by atoms with van der Waals surface area (Å²) in [6.07, 6.45) is 15.5. The number of rotatable bonds is 11. The molecule has 1 aliphatic carbocycles. The van der Waals surface area contributed by atoms with Gasteiger partial charge in [0.25, 0.3) is 0 Å². The molecule has 0 aromatic heterocycles. The summed E-state index contributed by atoms with van der Waals surface area (Å²) in [5.41, 5.74) is 0. The third-order valence-electron chi connectivity index (χ3n) is 4.31. The van der Waals surface area contributed by atoms with Crippen molar-refractivity contribution in [3.05, 3.63) is 0 Å². The Morgan fingerprint density at radius 1 is 1.00 bits per heavy atom. The van der Waals surface area contributed by atoms with Gasteiger partial charge < -0.3 is 15.4 Å². The van der Waals surface area contributed by atoms with E-state index in [2.05, 4.69) is 21.9 Å². The second kappa shape index (κ2) is 15.1. The quantitative estimate of drug-likeness (QED) is 0.259. The fraction of sp³-hybridized carbons (Fsp3) is 0.944. The van der Waals surface area contributed by atoms with Crippen LogP contribution in [-0.2, 0) is 4.74 Å². The molecule has 1 fully saturated rings. The van der Waals surface area contributed by atoms with Crippen molar-refractivity contribution in [2.45, 2.75) is 70.3 Å². The van der Waals surface area contributed by atoms with E-state index in [1.54, 1.807) is 0 Å². The van der Waals surface area contributed by atoms with Gasteiger partial charge in [0.1, 0.15) is 0 Å². The van der Waals surface area contributed by atoms with E-state index in [0.717, 1.165) is 38.5 Å². The van der Waals surface area contributed by atoms with Gasteiger partial charge in [-0.1, -0.05) is 25.7 Å². The summed E-state index contributed by atoms with van der Waals surface area (Å²) in [6, 6.07) is 0. The fourth-order valence-corrected chi connectivity index (χ4v) is 3.38. The van der Waals surface area contributed by atoms with E-state index >= 15 is 0 Å². The predicted octanol–water partition coefficient (Wildman–Crippen LogP) is 3.81. The van der Waals surface area contributed by atoms with Crippen molar-refractivity contribution in [1.82, 2.24) is 10.6 Å². The zero-order valence-corrected chi connectivity index (χ0v) is 16.1. The zero-order valence-electron chi connectivity index (χ0n) is 15.2. The maximum atomic E-state index is 6.02. The van der Waals surface area contributed by atoms with Gasteiger partial charge in [0.15, 0.2) is 5.96 Å². The van der Waals surface area contributed by atoms with Gasteiger partial charge in [-0.15, -0.1) is 0 Å². The third kappa shape index (κ3) is 11.7. The van der Waals surface area contributed by atoms with Crippen LogP contribution in [0.1, 0.15) is 64.2 Å². The molecule has 0 spiro atoms. The topological polar surface area (TPSA) is 45.7 Å². The normalized spacial score (nSPS) is 17.0. The third-order valence-corrected chi connectivity index (χ3v) is 5.01. The molecule has 4 nitrogen and oxygen atoms in total. The molecule has 0 saturated heterocycles. The first-order valence-corrected chi connectivity index (χ1v) is 10.8. The Kier molecular flexibility index (Phi) is 13.6. The van der Waals surface area contributed by atoms with Crippen molar-refractivity contribution in [2.24, 2.45) is 4.99 Å². The summed E-state index contributed by atoms with van der Waals surface area (Å²) in [6.45, 7) is 2.89. The van der Waals surface area contributed by atoms with Gasteiger partial charge >= 0.3 is 0 Å². The fourth-order valence-electron chi connectivity index (χ4n) is 2.89. The Bertz CT molecular complexity index is 292. The minimum absolute atomic E-state index is 0.529. The number of hydrogen-bond donors (Lipinski definition) is 2. The maximum absolute atomic E-state index is 6.02. The van der Waals surface area contributed by atoms with Gasteiger partial charge in [0, 0.05) is 26.7 Å². The Hall–Kier alpha value is -0.420. The van der Waals surface area contributed by atoms with Gasteiger partial charge in [-0.05, 0) is 50.5 Å². The number of hydrogen-bond acceptors (Lipinski definition) is 3. The largest absolute Gasteiger partial charge is 0.378 e. The van der Waals surface area contributed by atoms with Crippen molar-refractivity contribution in [2.75, 3.05) is 38.8 Å². The number of thioether (sulfide) groups is 1. The Balaban J connectivity index is 1.93. The molecule has 0 aromatic rings. The summed E-state index contributed by atoms with van der Waals surface area (Å²) in [5, 5.41) is 6.76. The van der Waals surface area contributed by atoms with Crippen LogP contribution >= 0.6 is 11.8 Å². The van der Waals surface area contributed by atoms with Crippen molar-refractivity contribution >= 4 is 17.7 Å². The summed E-state index contributed by atoms with van der Waals surface area (Å²) < 4.78 is 6.02. The second-order valence-corrected chi connectivity index (χ2v) is 7.30. The van der Waals surface area contributed by atoms with E-state index in [1.165, 1.54) is 57.1 Å². The molecule has 136 valence electrons. The number of unbranched alkanes of at least 4 members (excludes halogenated alkanes) is 2. The molecule has 0 amide bonds. The van der Waals surface area contributed by atoms with Gasteiger partial charge in [-0.25, -0.2) is 0 Å². The highest BCUT2D eigenvalue weighted by Crippen LogP contribution is 2.19. The predicted molar refractivity (Wildman–Crippen MR) is 104 cm³/mol. The summed E-state index contributed by atoms with van der Waals surface area (Å²) in [5.74, 6) is 2.17. The Morgan fingerprint density at radius 2 is 1.65 bits per heavy atom. The number of ether oxygens (including phenoxy) is 1. The minimum atomic E-state index is 0.529. The van der Waals surface area contributed by atoms with Crippen LogP contribution in [-0.4, -0.2) is 50.8 Å². The van der Waals surface area contributed by atoms with Gasteiger partial charge in [0.2, 0.25) is 0 Å². The SMILES string of the molecule is CN=C(NCCCCOC1CCCCCC1)NCCCCSC. The zero-order chi connectivity index (χ0) is 16.6. The van der Waals surface area contributed by atoms with E-state index in [1.807, 2.05) is 18.8 Å². The number of guanidine groups is 1. The monoisotopic (exact) mass is 343 g/mol. The van der Waals surface area contributed by atoms with E-state index in [9.17, 15) is 0 Å². The highest BCUT2D eigenvalue weighted by Gasteiger charge is 2.11. The van der Waals surface area contributed by atoms with Gasteiger partial charge in [0.05, 0.1) is 6.10 Å². The molecule has 1 rings (SSSR count). The average Bonchev–Trinajstić information content (AvgIpc) is 2.84. The highest BCUT2D eigenvalue weighted by atomic mass is 32.2. The molecule has 1 saturated carbocycles. The smallest absolute Gasteiger partial charge is 0.190 e. The highest BCUT2D eigenvalue weighted by molar-refractivity contribution is 7.98. The molecule has 5 heteroatoms. The van der Waals surface area contributed by atoms with Crippen LogP contribution in [0.4, 0.5) is 0 Å². The van der Waals surface area contributed by atoms with Crippen molar-refractivity contribution in [1.29, 1.82) is 0 Å². The standard InChI is InChI=1S/C18H37N3OS/c1-19-18(21-14-8-10-16-23-2)20-13-7-9-15-22-17-11-5-3-4-6-12-17/h17H,3-16H2,1-2H3,(H2,19,20,21). The average molecular weight is 344 g/mol. The number of nitrogens with one attached hydrogen (secondary N) is 2. The lowest BCUT2D eigenvalue weighted by Gasteiger charge is -2.15. The van der Waals surface area contributed by atoms with E-state index in [4.69, 9.17) is 4.74 Å². The Morgan fingerprint density at radius 3 is 2.26 bits per heavy atom. The summed E-state index contributed by atoms with van der Waals surface area (Å²) >= 11 is 1.91. The Labute approximate surface area is 147 Å². The molecule has 0 bridgehead atoms. The summed E-state index contributed by atoms with van der Waals surface area (Å²) in [4.78, 5) is 4.27. The molecule has 0 aliphatic heterocycles. The number of aliphatic imine (C=N–C) groups is 1. The van der Waals surface area contributed by atoms with Crippen LogP contribution in [0.5, 0.6) is 0 Å². The van der Waals surface area contributed by atoms with Crippen molar-refractivity contribution in [3.8, 4) is 0 Å². The molecule has 23 heavy (non-hydrogen) atoms. The van der Waals surface area contributed by atoms with Crippen LogP contribution in [0, 0.1) is 0 Å². The number of nitrogens with zero attached hydrogens (tertiary/aromatic N) is 1. The molecule has 0 heterocycles. The van der Waals surface area contributed by atoms with Crippen LogP contribution in [0.25, 0.3) is 0 Å². The first-order chi connectivity index (χ1) is 11.4. The molecule has 0 atom stereocenters. The lowest BCUT2D eigenvalue weighted by molar-refractivity contribution is 0.0411. The summed E-state index contributed by atoms with van der Waals surface area (Å²) in [7, 11) is 1.84. The molecular formula is C18H37N3OS. The van der Waals surface area contributed by atoms with Crippen molar-refractivity contribution < 1.29 is 4.74 Å². The minimum Gasteiger partial charge on any atom is -0.378 e. The molecule has 1 aliphatic rings. The van der Waals surface area contributed by atoms with Crippen LogP contribution in [0.3, 0.4) is 0 Å². The molecule has 0 aromatic carbocycles. The first kappa shape index (κ1) is 20.6.